The predicted molar refractivity (Wildman–Crippen MR) is 131 cm³/mol. The number of sulfonamides is 1. The number of nitrogens with one attached hydrogen (secondary N) is 1. The fourth-order valence-corrected chi connectivity index (χ4v) is 4.53. The van der Waals surface area contributed by atoms with Crippen LogP contribution in [0.4, 0.5) is 5.69 Å². The van der Waals surface area contributed by atoms with Gasteiger partial charge in [0.15, 0.2) is 0 Å². The molecule has 0 aliphatic rings. The quantitative estimate of drug-likeness (QED) is 0.380. The largest absolute Gasteiger partial charge is 0.497 e. The van der Waals surface area contributed by atoms with Gasteiger partial charge in [0.2, 0.25) is 0 Å². The summed E-state index contributed by atoms with van der Waals surface area (Å²) in [5, 5.41) is 4.36. The topological polar surface area (TPSA) is 88.1 Å². The monoisotopic (exact) mass is 485 g/mol. The summed E-state index contributed by atoms with van der Waals surface area (Å²) in [5.74, 6) is 0.0603. The van der Waals surface area contributed by atoms with E-state index in [2.05, 4.69) is 10.5 Å². The molecule has 7 nitrogen and oxygen atoms in total. The first-order valence-corrected chi connectivity index (χ1v) is 11.8. The van der Waals surface area contributed by atoms with Crippen molar-refractivity contribution in [2.45, 2.75) is 18.7 Å². The average molecular weight is 486 g/mol. The number of hydrogen-bond donors (Lipinski definition) is 1. The number of nitrogens with zero attached hydrogens (tertiary/aromatic N) is 2. The molecule has 1 N–H and O–H groups in total. The molecule has 1 amide bonds. The summed E-state index contributed by atoms with van der Waals surface area (Å²) in [6.07, 6.45) is 1.45. The summed E-state index contributed by atoms with van der Waals surface area (Å²) >= 11 is 5.91. The lowest BCUT2D eigenvalue weighted by molar-refractivity contribution is -0.119. The van der Waals surface area contributed by atoms with Crippen molar-refractivity contribution >= 4 is 39.4 Å². The van der Waals surface area contributed by atoms with Crippen LogP contribution in [0.15, 0.2) is 76.7 Å². The highest BCUT2D eigenvalue weighted by molar-refractivity contribution is 7.92. The van der Waals surface area contributed by atoms with Crippen molar-refractivity contribution in [2.24, 2.45) is 5.10 Å². The van der Waals surface area contributed by atoms with Crippen molar-refractivity contribution in [1.82, 2.24) is 5.43 Å². The van der Waals surface area contributed by atoms with Crippen molar-refractivity contribution in [3.05, 3.63) is 88.4 Å². The maximum atomic E-state index is 13.4. The number of carbonyl (C=O) groups is 1. The van der Waals surface area contributed by atoms with Gasteiger partial charge in [-0.2, -0.15) is 5.10 Å². The lowest BCUT2D eigenvalue weighted by Crippen LogP contribution is -2.39. The van der Waals surface area contributed by atoms with Gasteiger partial charge in [-0.05, 0) is 79.1 Å². The molecule has 0 saturated carbocycles. The SMILES string of the molecule is COc1cccc(/C=N\NC(=O)CN(c2ccc(C)c(C)c2)S(=O)(=O)c2ccc(Cl)cc2)c1. The molecule has 0 spiro atoms. The number of rotatable bonds is 8. The lowest BCUT2D eigenvalue weighted by Gasteiger charge is -2.24. The molecule has 9 heteroatoms. The van der Waals surface area contributed by atoms with E-state index in [9.17, 15) is 13.2 Å². The fourth-order valence-electron chi connectivity index (χ4n) is 3.00. The number of anilines is 1. The van der Waals surface area contributed by atoms with E-state index in [1.54, 1.807) is 43.5 Å². The van der Waals surface area contributed by atoms with Gasteiger partial charge >= 0.3 is 0 Å². The van der Waals surface area contributed by atoms with Crippen LogP contribution in [0.5, 0.6) is 5.75 Å². The van der Waals surface area contributed by atoms with Crippen molar-refractivity contribution in [3.63, 3.8) is 0 Å². The van der Waals surface area contributed by atoms with Crippen molar-refractivity contribution in [1.29, 1.82) is 0 Å². The number of carbonyl (C=O) groups excluding carboxylic acids is 1. The number of hydrogen-bond acceptors (Lipinski definition) is 5. The number of ether oxygens (including phenoxy) is 1. The van der Waals surface area contributed by atoms with Gasteiger partial charge in [0.1, 0.15) is 12.3 Å². The average Bonchev–Trinajstić information content (AvgIpc) is 2.80. The van der Waals surface area contributed by atoms with E-state index in [0.29, 0.717) is 16.5 Å². The molecule has 0 radical (unpaired) electrons. The summed E-state index contributed by atoms with van der Waals surface area (Å²) in [4.78, 5) is 12.7. The lowest BCUT2D eigenvalue weighted by atomic mass is 10.1. The molecule has 3 rings (SSSR count). The first kappa shape index (κ1) is 24.3. The van der Waals surface area contributed by atoms with Crippen LogP contribution in [-0.4, -0.2) is 34.2 Å². The molecular formula is C24H24ClN3O4S. The number of benzene rings is 3. The maximum absolute atomic E-state index is 13.4. The highest BCUT2D eigenvalue weighted by Gasteiger charge is 2.27. The Hall–Kier alpha value is -3.36. The van der Waals surface area contributed by atoms with E-state index in [-0.39, 0.29) is 4.90 Å². The highest BCUT2D eigenvalue weighted by atomic mass is 35.5. The fraction of sp³-hybridized carbons (Fsp3) is 0.167. The minimum absolute atomic E-state index is 0.0257. The summed E-state index contributed by atoms with van der Waals surface area (Å²) in [5.41, 5.74) is 5.39. The van der Waals surface area contributed by atoms with Crippen molar-refractivity contribution in [3.8, 4) is 5.75 Å². The van der Waals surface area contributed by atoms with Crippen LogP contribution in [0, 0.1) is 13.8 Å². The van der Waals surface area contributed by atoms with E-state index in [1.165, 1.54) is 30.5 Å². The molecule has 0 bridgehead atoms. The Labute approximate surface area is 198 Å². The predicted octanol–water partition coefficient (Wildman–Crippen LogP) is 4.31. The van der Waals surface area contributed by atoms with Gasteiger partial charge in [0, 0.05) is 5.02 Å². The molecule has 0 aliphatic heterocycles. The van der Waals surface area contributed by atoms with Gasteiger partial charge in [-0.25, -0.2) is 13.8 Å². The highest BCUT2D eigenvalue weighted by Crippen LogP contribution is 2.26. The number of amides is 1. The van der Waals surface area contributed by atoms with Crippen LogP contribution < -0.4 is 14.5 Å². The van der Waals surface area contributed by atoms with E-state index < -0.39 is 22.5 Å². The minimum atomic E-state index is -4.04. The number of aryl methyl sites for hydroxylation is 2. The molecule has 0 unspecified atom stereocenters. The third-order valence-electron chi connectivity index (χ3n) is 4.96. The summed E-state index contributed by atoms with van der Waals surface area (Å²) in [6.45, 7) is 3.35. The molecular weight excluding hydrogens is 462 g/mol. The zero-order valence-corrected chi connectivity index (χ0v) is 20.0. The third-order valence-corrected chi connectivity index (χ3v) is 7.00. The van der Waals surface area contributed by atoms with Gasteiger partial charge in [0.25, 0.3) is 15.9 Å². The molecule has 172 valence electrons. The van der Waals surface area contributed by atoms with E-state index >= 15 is 0 Å². The minimum Gasteiger partial charge on any atom is -0.497 e. The Bertz CT molecular complexity index is 1280. The molecule has 0 heterocycles. The zero-order valence-electron chi connectivity index (χ0n) is 18.4. The number of methoxy groups -OCH3 is 1. The summed E-state index contributed by atoms with van der Waals surface area (Å²) in [7, 11) is -2.48. The molecule has 0 saturated heterocycles. The second-order valence-corrected chi connectivity index (χ2v) is 9.60. The maximum Gasteiger partial charge on any atom is 0.264 e. The molecule has 3 aromatic rings. The van der Waals surface area contributed by atoms with E-state index in [0.717, 1.165) is 21.0 Å². The van der Waals surface area contributed by atoms with Gasteiger partial charge in [-0.15, -0.1) is 0 Å². The number of hydrazone groups is 1. The Morgan fingerprint density at radius 1 is 1.06 bits per heavy atom. The van der Waals surface area contributed by atoms with Gasteiger partial charge in [0.05, 0.1) is 23.9 Å². The Kier molecular flexibility index (Phi) is 7.73. The molecule has 0 atom stereocenters. The van der Waals surface area contributed by atoms with Crippen LogP contribution in [0.1, 0.15) is 16.7 Å². The van der Waals surface area contributed by atoms with Crippen LogP contribution in [0.3, 0.4) is 0 Å². The number of halogens is 1. The van der Waals surface area contributed by atoms with E-state index in [4.69, 9.17) is 16.3 Å². The summed E-state index contributed by atoms with van der Waals surface area (Å²) in [6, 6.07) is 18.1. The Morgan fingerprint density at radius 2 is 1.79 bits per heavy atom. The normalized spacial score (nSPS) is 11.4. The first-order valence-electron chi connectivity index (χ1n) is 10.0. The summed E-state index contributed by atoms with van der Waals surface area (Å²) < 4.78 is 33.0. The molecule has 0 aliphatic carbocycles. The van der Waals surface area contributed by atoms with E-state index in [1.807, 2.05) is 19.9 Å². The van der Waals surface area contributed by atoms with Gasteiger partial charge in [-0.1, -0.05) is 29.8 Å². The molecule has 3 aromatic carbocycles. The second-order valence-electron chi connectivity index (χ2n) is 7.30. The van der Waals surface area contributed by atoms with Crippen LogP contribution in [0.25, 0.3) is 0 Å². The van der Waals surface area contributed by atoms with Crippen LogP contribution in [0.2, 0.25) is 5.02 Å². The van der Waals surface area contributed by atoms with Gasteiger partial charge in [-0.3, -0.25) is 9.10 Å². The Balaban J connectivity index is 1.86. The smallest absolute Gasteiger partial charge is 0.264 e. The molecule has 33 heavy (non-hydrogen) atoms. The molecule has 0 aromatic heterocycles. The van der Waals surface area contributed by atoms with Crippen LogP contribution >= 0.6 is 11.6 Å². The van der Waals surface area contributed by atoms with Gasteiger partial charge < -0.3 is 4.74 Å². The Morgan fingerprint density at radius 3 is 2.45 bits per heavy atom. The van der Waals surface area contributed by atoms with Crippen molar-refractivity contribution < 1.29 is 17.9 Å². The standard InChI is InChI=1S/C24H24ClN3O4S/c1-17-7-10-21(13-18(17)2)28(33(30,31)23-11-8-20(25)9-12-23)16-24(29)27-26-15-19-5-4-6-22(14-19)32-3/h4-15H,16H2,1-3H3,(H,27,29)/b26-15-. The first-order chi connectivity index (χ1) is 15.7. The second kappa shape index (κ2) is 10.5. The van der Waals surface area contributed by atoms with Crippen LogP contribution in [-0.2, 0) is 14.8 Å². The zero-order chi connectivity index (χ0) is 24.0. The van der Waals surface area contributed by atoms with Crippen molar-refractivity contribution in [2.75, 3.05) is 18.0 Å². The third kappa shape index (κ3) is 6.12. The molecule has 0 fully saturated rings.